The zero-order valence-electron chi connectivity index (χ0n) is 14.7. The number of carbonyl (C=O) groups excluding carboxylic acids is 2. The normalized spacial score (nSPS) is 10.4. The Morgan fingerprint density at radius 1 is 1.26 bits per heavy atom. The van der Waals surface area contributed by atoms with Crippen molar-refractivity contribution < 1.29 is 23.6 Å². The van der Waals surface area contributed by atoms with Gasteiger partial charge >= 0.3 is 5.97 Å². The van der Waals surface area contributed by atoms with Gasteiger partial charge in [0, 0.05) is 18.4 Å². The van der Waals surface area contributed by atoms with E-state index < -0.39 is 5.97 Å². The second-order valence-corrected chi connectivity index (χ2v) is 6.37. The Bertz CT molecular complexity index is 922. The Kier molecular flexibility index (Phi) is 5.82. The Labute approximate surface area is 159 Å². The minimum absolute atomic E-state index is 0.0168. The van der Waals surface area contributed by atoms with Crippen molar-refractivity contribution in [2.45, 2.75) is 20.5 Å². The molecule has 1 amide bonds. The molecule has 0 atom stereocenters. The van der Waals surface area contributed by atoms with Gasteiger partial charge in [-0.15, -0.1) is 11.3 Å². The highest BCUT2D eigenvalue weighted by Gasteiger charge is 2.18. The van der Waals surface area contributed by atoms with Crippen molar-refractivity contribution in [1.29, 1.82) is 0 Å². The minimum atomic E-state index is -0.559. The summed E-state index contributed by atoms with van der Waals surface area (Å²) in [6.07, 6.45) is 0. The molecular formula is C18H17N3O5S. The van der Waals surface area contributed by atoms with Crippen molar-refractivity contribution in [1.82, 2.24) is 10.1 Å². The van der Waals surface area contributed by atoms with E-state index in [4.69, 9.17) is 14.0 Å². The van der Waals surface area contributed by atoms with Crippen LogP contribution in [0.15, 0.2) is 46.3 Å². The van der Waals surface area contributed by atoms with E-state index >= 15 is 0 Å². The first-order chi connectivity index (χ1) is 13.0. The van der Waals surface area contributed by atoms with Crippen molar-refractivity contribution in [3.05, 3.63) is 53.2 Å². The summed E-state index contributed by atoms with van der Waals surface area (Å²) in [5, 5.41) is 5.87. The molecule has 1 aromatic carbocycles. The molecule has 0 unspecified atom stereocenters. The van der Waals surface area contributed by atoms with E-state index in [9.17, 15) is 9.59 Å². The zero-order chi connectivity index (χ0) is 19.2. The fourth-order valence-electron chi connectivity index (χ4n) is 2.21. The van der Waals surface area contributed by atoms with Crippen molar-refractivity contribution in [2.24, 2.45) is 0 Å². The molecule has 3 rings (SSSR count). The molecule has 0 saturated heterocycles. The largest absolute Gasteiger partial charge is 0.463 e. The smallest absolute Gasteiger partial charge is 0.344 e. The molecule has 27 heavy (non-hydrogen) atoms. The first kappa shape index (κ1) is 18.6. The molecule has 0 N–H and O–H groups in total. The standard InChI is InChI=1S/C18H17N3O5S/c1-12-8-16(20-26-12)24-10-17(23)25-9-14-11-27-18(19-14)21(13(2)22)15-6-4-3-5-7-15/h3-8,11H,9-10H2,1-2H3. The molecular weight excluding hydrogens is 370 g/mol. The van der Waals surface area contributed by atoms with Gasteiger partial charge in [-0.05, 0) is 24.2 Å². The molecule has 0 saturated carbocycles. The second kappa shape index (κ2) is 8.45. The minimum Gasteiger partial charge on any atom is -0.463 e. The van der Waals surface area contributed by atoms with E-state index in [0.717, 1.165) is 5.69 Å². The van der Waals surface area contributed by atoms with Gasteiger partial charge in [-0.1, -0.05) is 18.2 Å². The monoisotopic (exact) mass is 387 g/mol. The number of amides is 1. The van der Waals surface area contributed by atoms with Crippen molar-refractivity contribution >= 4 is 34.0 Å². The molecule has 0 aliphatic heterocycles. The molecule has 0 bridgehead atoms. The molecule has 2 heterocycles. The maximum atomic E-state index is 12.0. The van der Waals surface area contributed by atoms with Gasteiger partial charge in [-0.3, -0.25) is 9.69 Å². The van der Waals surface area contributed by atoms with Crippen LogP contribution in [0, 0.1) is 6.92 Å². The number of carbonyl (C=O) groups is 2. The highest BCUT2D eigenvalue weighted by Crippen LogP contribution is 2.28. The van der Waals surface area contributed by atoms with E-state index in [1.165, 1.54) is 23.2 Å². The summed E-state index contributed by atoms with van der Waals surface area (Å²) in [5.74, 6) is 0.0919. The zero-order valence-corrected chi connectivity index (χ0v) is 15.6. The van der Waals surface area contributed by atoms with E-state index in [1.807, 2.05) is 30.3 Å². The highest BCUT2D eigenvalue weighted by molar-refractivity contribution is 7.14. The molecule has 3 aromatic rings. The fraction of sp³-hybridized carbons (Fsp3) is 0.222. The summed E-state index contributed by atoms with van der Waals surface area (Å²) in [6.45, 7) is 2.89. The lowest BCUT2D eigenvalue weighted by molar-refractivity contribution is -0.147. The third-order valence-electron chi connectivity index (χ3n) is 3.39. The average molecular weight is 387 g/mol. The Morgan fingerprint density at radius 2 is 2.04 bits per heavy atom. The molecule has 0 aliphatic carbocycles. The van der Waals surface area contributed by atoms with Crippen LogP contribution in [-0.4, -0.2) is 28.6 Å². The number of ether oxygens (including phenoxy) is 2. The Hall–Kier alpha value is -3.20. The van der Waals surface area contributed by atoms with Crippen LogP contribution >= 0.6 is 11.3 Å². The maximum absolute atomic E-state index is 12.0. The van der Waals surface area contributed by atoms with Gasteiger partial charge in [-0.25, -0.2) is 9.78 Å². The molecule has 0 spiro atoms. The van der Waals surface area contributed by atoms with Gasteiger partial charge in [0.1, 0.15) is 12.4 Å². The third kappa shape index (κ3) is 4.91. The number of hydrogen-bond acceptors (Lipinski definition) is 8. The average Bonchev–Trinajstić information content (AvgIpc) is 3.28. The summed E-state index contributed by atoms with van der Waals surface area (Å²) in [4.78, 5) is 29.7. The van der Waals surface area contributed by atoms with Gasteiger partial charge in [0.15, 0.2) is 11.7 Å². The lowest BCUT2D eigenvalue weighted by atomic mass is 10.3. The van der Waals surface area contributed by atoms with Crippen LogP contribution in [-0.2, 0) is 20.9 Å². The Morgan fingerprint density at radius 3 is 2.70 bits per heavy atom. The predicted molar refractivity (Wildman–Crippen MR) is 97.9 cm³/mol. The lowest BCUT2D eigenvalue weighted by Crippen LogP contribution is -2.22. The lowest BCUT2D eigenvalue weighted by Gasteiger charge is -2.17. The summed E-state index contributed by atoms with van der Waals surface area (Å²) in [5.41, 5.74) is 1.27. The number of rotatable bonds is 7. The molecule has 0 fully saturated rings. The topological polar surface area (TPSA) is 94.8 Å². The number of para-hydroxylation sites is 1. The number of aryl methyl sites for hydroxylation is 1. The molecule has 140 valence electrons. The fourth-order valence-corrected chi connectivity index (χ4v) is 3.08. The number of nitrogens with zero attached hydrogens (tertiary/aromatic N) is 3. The van der Waals surface area contributed by atoms with Crippen molar-refractivity contribution in [3.8, 4) is 5.88 Å². The quantitative estimate of drug-likeness (QED) is 0.574. The SMILES string of the molecule is CC(=O)N(c1ccccc1)c1nc(COC(=O)COc2cc(C)on2)cs1. The van der Waals surface area contributed by atoms with Crippen LogP contribution in [0.1, 0.15) is 18.4 Å². The van der Waals surface area contributed by atoms with Gasteiger partial charge < -0.3 is 14.0 Å². The molecule has 2 aromatic heterocycles. The number of hydrogen-bond donors (Lipinski definition) is 0. The van der Waals surface area contributed by atoms with Crippen LogP contribution < -0.4 is 9.64 Å². The van der Waals surface area contributed by atoms with Crippen molar-refractivity contribution in [2.75, 3.05) is 11.5 Å². The second-order valence-electron chi connectivity index (χ2n) is 5.54. The van der Waals surface area contributed by atoms with Crippen LogP contribution in [0.4, 0.5) is 10.8 Å². The van der Waals surface area contributed by atoms with E-state index in [2.05, 4.69) is 10.1 Å². The maximum Gasteiger partial charge on any atom is 0.344 e. The first-order valence-electron chi connectivity index (χ1n) is 8.05. The van der Waals surface area contributed by atoms with Crippen LogP contribution in [0.5, 0.6) is 5.88 Å². The molecule has 0 aliphatic rings. The first-order valence-corrected chi connectivity index (χ1v) is 8.93. The van der Waals surface area contributed by atoms with E-state index in [0.29, 0.717) is 16.6 Å². The molecule has 8 nitrogen and oxygen atoms in total. The third-order valence-corrected chi connectivity index (χ3v) is 4.26. The van der Waals surface area contributed by atoms with Crippen LogP contribution in [0.2, 0.25) is 0 Å². The number of anilines is 2. The molecule has 9 heteroatoms. The number of esters is 1. The summed E-state index contributed by atoms with van der Waals surface area (Å²) < 4.78 is 15.1. The van der Waals surface area contributed by atoms with Crippen LogP contribution in [0.25, 0.3) is 0 Å². The highest BCUT2D eigenvalue weighted by atomic mass is 32.1. The van der Waals surface area contributed by atoms with E-state index in [-0.39, 0.29) is 25.0 Å². The Balaban J connectivity index is 1.57. The van der Waals surface area contributed by atoms with Gasteiger partial charge in [-0.2, -0.15) is 0 Å². The summed E-state index contributed by atoms with van der Waals surface area (Å²) in [6, 6.07) is 10.8. The van der Waals surface area contributed by atoms with Crippen molar-refractivity contribution in [3.63, 3.8) is 0 Å². The number of benzene rings is 1. The number of thiazole rings is 1. The van der Waals surface area contributed by atoms with E-state index in [1.54, 1.807) is 18.4 Å². The van der Waals surface area contributed by atoms with Crippen LogP contribution in [0.3, 0.4) is 0 Å². The summed E-state index contributed by atoms with van der Waals surface area (Å²) >= 11 is 1.29. The van der Waals surface area contributed by atoms with Gasteiger partial charge in [0.2, 0.25) is 5.91 Å². The molecule has 0 radical (unpaired) electrons. The predicted octanol–water partition coefficient (Wildman–Crippen LogP) is 3.25. The number of aromatic nitrogens is 2. The van der Waals surface area contributed by atoms with Gasteiger partial charge in [0.25, 0.3) is 5.88 Å². The van der Waals surface area contributed by atoms with Gasteiger partial charge in [0.05, 0.1) is 11.4 Å². The summed E-state index contributed by atoms with van der Waals surface area (Å²) in [7, 11) is 0.